The summed E-state index contributed by atoms with van der Waals surface area (Å²) in [6, 6.07) is 8.11. The van der Waals surface area contributed by atoms with E-state index in [0.717, 1.165) is 4.90 Å². The van der Waals surface area contributed by atoms with E-state index in [0.29, 0.717) is 0 Å². The van der Waals surface area contributed by atoms with Crippen molar-refractivity contribution in [2.45, 2.75) is 18.7 Å². The topological polar surface area (TPSA) is 0 Å². The van der Waals surface area contributed by atoms with Crippen molar-refractivity contribution in [2.75, 3.05) is 0 Å². The van der Waals surface area contributed by atoms with E-state index in [2.05, 4.69) is 31.7 Å². The largest absolute Gasteiger partial charge is 0.143 e. The summed E-state index contributed by atoms with van der Waals surface area (Å²) in [6.07, 6.45) is 2.09. The SMILES string of the molecule is C/C=C(/C)c1ccccc1S. The molecule has 1 heteroatoms. The molecule has 0 aliphatic carbocycles. The second-order valence-electron chi connectivity index (χ2n) is 2.49. The van der Waals surface area contributed by atoms with Gasteiger partial charge in [0.15, 0.2) is 0 Å². The third-order valence-electron chi connectivity index (χ3n) is 1.76. The van der Waals surface area contributed by atoms with Gasteiger partial charge >= 0.3 is 0 Å². The molecule has 1 aromatic rings. The van der Waals surface area contributed by atoms with Crippen LogP contribution in [0.25, 0.3) is 5.57 Å². The van der Waals surface area contributed by atoms with Gasteiger partial charge in [0.2, 0.25) is 0 Å². The van der Waals surface area contributed by atoms with Gasteiger partial charge in [0.1, 0.15) is 0 Å². The van der Waals surface area contributed by atoms with Crippen LogP contribution in [0.2, 0.25) is 0 Å². The second-order valence-corrected chi connectivity index (χ2v) is 2.97. The van der Waals surface area contributed by atoms with Crippen LogP contribution >= 0.6 is 12.6 Å². The molecule has 0 aliphatic rings. The molecule has 0 aliphatic heterocycles. The van der Waals surface area contributed by atoms with Crippen LogP contribution in [0.5, 0.6) is 0 Å². The molecule has 0 unspecified atom stereocenters. The predicted octanol–water partition coefficient (Wildman–Crippen LogP) is 3.40. The summed E-state index contributed by atoms with van der Waals surface area (Å²) in [5.74, 6) is 0. The summed E-state index contributed by atoms with van der Waals surface area (Å²) in [4.78, 5) is 1.04. The normalized spacial score (nSPS) is 11.7. The van der Waals surface area contributed by atoms with E-state index < -0.39 is 0 Å². The quantitative estimate of drug-likeness (QED) is 0.604. The summed E-state index contributed by atoms with van der Waals surface area (Å²) in [7, 11) is 0. The molecule has 0 saturated heterocycles. The van der Waals surface area contributed by atoms with E-state index in [1.165, 1.54) is 11.1 Å². The Bertz CT molecular complexity index is 274. The van der Waals surface area contributed by atoms with Gasteiger partial charge in [-0.25, -0.2) is 0 Å². The lowest BCUT2D eigenvalue weighted by atomic mass is 10.1. The Morgan fingerprint density at radius 2 is 2.00 bits per heavy atom. The van der Waals surface area contributed by atoms with E-state index >= 15 is 0 Å². The first-order valence-corrected chi connectivity index (χ1v) is 4.11. The fourth-order valence-electron chi connectivity index (χ4n) is 0.963. The lowest BCUT2D eigenvalue weighted by molar-refractivity contribution is 1.39. The van der Waals surface area contributed by atoms with Crippen molar-refractivity contribution < 1.29 is 0 Å². The van der Waals surface area contributed by atoms with Crippen molar-refractivity contribution >= 4 is 18.2 Å². The van der Waals surface area contributed by atoms with Gasteiger partial charge in [0.25, 0.3) is 0 Å². The first kappa shape index (κ1) is 8.41. The summed E-state index contributed by atoms with van der Waals surface area (Å²) in [5, 5.41) is 0. The minimum absolute atomic E-state index is 1.04. The highest BCUT2D eigenvalue weighted by molar-refractivity contribution is 7.80. The van der Waals surface area contributed by atoms with Gasteiger partial charge in [-0.3, -0.25) is 0 Å². The van der Waals surface area contributed by atoms with Crippen LogP contribution in [0.4, 0.5) is 0 Å². The zero-order chi connectivity index (χ0) is 8.27. The van der Waals surface area contributed by atoms with Gasteiger partial charge in [-0.1, -0.05) is 24.3 Å². The molecule has 0 spiro atoms. The molecule has 0 saturated carbocycles. The molecule has 0 amide bonds. The molecule has 0 atom stereocenters. The molecule has 0 radical (unpaired) electrons. The maximum absolute atomic E-state index is 4.35. The minimum atomic E-state index is 1.04. The maximum Gasteiger partial charge on any atom is 0.0115 e. The first-order valence-electron chi connectivity index (χ1n) is 3.67. The van der Waals surface area contributed by atoms with Crippen molar-refractivity contribution in [3.05, 3.63) is 35.9 Å². The van der Waals surface area contributed by atoms with E-state index in [4.69, 9.17) is 0 Å². The Balaban J connectivity index is 3.14. The molecular formula is C10H12S. The van der Waals surface area contributed by atoms with E-state index in [9.17, 15) is 0 Å². The van der Waals surface area contributed by atoms with Gasteiger partial charge in [-0.05, 0) is 31.1 Å². The van der Waals surface area contributed by atoms with Crippen LogP contribution in [-0.4, -0.2) is 0 Å². The average Bonchev–Trinajstić information content (AvgIpc) is 2.04. The Morgan fingerprint density at radius 1 is 1.36 bits per heavy atom. The van der Waals surface area contributed by atoms with Crippen molar-refractivity contribution in [1.29, 1.82) is 0 Å². The van der Waals surface area contributed by atoms with Gasteiger partial charge in [-0.15, -0.1) is 12.6 Å². The van der Waals surface area contributed by atoms with Crippen LogP contribution in [0, 0.1) is 0 Å². The molecule has 11 heavy (non-hydrogen) atoms. The minimum Gasteiger partial charge on any atom is -0.143 e. The van der Waals surface area contributed by atoms with Crippen LogP contribution < -0.4 is 0 Å². The monoisotopic (exact) mass is 164 g/mol. The Kier molecular flexibility index (Phi) is 2.77. The highest BCUT2D eigenvalue weighted by Crippen LogP contribution is 2.20. The van der Waals surface area contributed by atoms with Gasteiger partial charge in [0.05, 0.1) is 0 Å². The van der Waals surface area contributed by atoms with Gasteiger partial charge < -0.3 is 0 Å². The molecule has 1 aromatic carbocycles. The van der Waals surface area contributed by atoms with E-state index in [1.807, 2.05) is 25.1 Å². The molecule has 0 N–H and O–H groups in total. The molecular weight excluding hydrogens is 152 g/mol. The molecule has 0 fully saturated rings. The highest BCUT2D eigenvalue weighted by atomic mass is 32.1. The first-order chi connectivity index (χ1) is 5.25. The molecule has 0 bridgehead atoms. The van der Waals surface area contributed by atoms with Crippen LogP contribution in [-0.2, 0) is 0 Å². The molecule has 0 heterocycles. The zero-order valence-corrected chi connectivity index (χ0v) is 7.73. The number of thiol groups is 1. The highest BCUT2D eigenvalue weighted by Gasteiger charge is 1.96. The summed E-state index contributed by atoms with van der Waals surface area (Å²) >= 11 is 4.35. The number of benzene rings is 1. The lowest BCUT2D eigenvalue weighted by Crippen LogP contribution is -1.79. The lowest BCUT2D eigenvalue weighted by Gasteiger charge is -2.02. The summed E-state index contributed by atoms with van der Waals surface area (Å²) < 4.78 is 0. The summed E-state index contributed by atoms with van der Waals surface area (Å²) in [5.41, 5.74) is 2.49. The second kappa shape index (κ2) is 3.63. The van der Waals surface area contributed by atoms with Gasteiger partial charge in [0, 0.05) is 4.90 Å². The molecule has 58 valence electrons. The Morgan fingerprint density at radius 3 is 2.55 bits per heavy atom. The Hall–Kier alpha value is -0.690. The third-order valence-corrected chi connectivity index (χ3v) is 2.15. The predicted molar refractivity (Wildman–Crippen MR) is 53.0 cm³/mol. The fourth-order valence-corrected chi connectivity index (χ4v) is 1.30. The summed E-state index contributed by atoms with van der Waals surface area (Å²) in [6.45, 7) is 4.13. The van der Waals surface area contributed by atoms with Crippen molar-refractivity contribution in [2.24, 2.45) is 0 Å². The standard InChI is InChI=1S/C10H12S/c1-3-8(2)9-6-4-5-7-10(9)11/h3-7,11H,1-2H3/b8-3-. The van der Waals surface area contributed by atoms with E-state index in [1.54, 1.807) is 0 Å². The average molecular weight is 164 g/mol. The molecule has 0 aromatic heterocycles. The van der Waals surface area contributed by atoms with Crippen molar-refractivity contribution in [1.82, 2.24) is 0 Å². The maximum atomic E-state index is 4.35. The third kappa shape index (κ3) is 1.87. The number of allylic oxidation sites excluding steroid dienone is 2. The van der Waals surface area contributed by atoms with Crippen LogP contribution in [0.3, 0.4) is 0 Å². The van der Waals surface area contributed by atoms with E-state index in [-0.39, 0.29) is 0 Å². The van der Waals surface area contributed by atoms with Gasteiger partial charge in [-0.2, -0.15) is 0 Å². The fraction of sp³-hybridized carbons (Fsp3) is 0.200. The Labute approximate surface area is 73.4 Å². The molecule has 0 nitrogen and oxygen atoms in total. The van der Waals surface area contributed by atoms with Crippen molar-refractivity contribution in [3.8, 4) is 0 Å². The van der Waals surface area contributed by atoms with Crippen LogP contribution in [0.15, 0.2) is 35.2 Å². The molecule has 1 rings (SSSR count). The zero-order valence-electron chi connectivity index (χ0n) is 6.83. The number of hydrogen-bond donors (Lipinski definition) is 1. The number of rotatable bonds is 1. The van der Waals surface area contributed by atoms with Crippen LogP contribution in [0.1, 0.15) is 19.4 Å². The van der Waals surface area contributed by atoms with Crippen molar-refractivity contribution in [3.63, 3.8) is 0 Å². The number of hydrogen-bond acceptors (Lipinski definition) is 1. The smallest absolute Gasteiger partial charge is 0.0115 e.